The van der Waals surface area contributed by atoms with Crippen molar-refractivity contribution in [2.45, 2.75) is 44.8 Å². The summed E-state index contributed by atoms with van der Waals surface area (Å²) in [6, 6.07) is 0. The Morgan fingerprint density at radius 1 is 1.54 bits per heavy atom. The van der Waals surface area contributed by atoms with E-state index in [1.165, 1.54) is 0 Å². The highest BCUT2D eigenvalue weighted by Gasteiger charge is 2.30. The monoisotopic (exact) mass is 187 g/mol. The van der Waals surface area contributed by atoms with E-state index in [1.807, 2.05) is 13.8 Å². The third kappa shape index (κ3) is 3.25. The van der Waals surface area contributed by atoms with Crippen LogP contribution >= 0.6 is 0 Å². The predicted octanol–water partition coefficient (Wildman–Crippen LogP) is 0.901. The number of aliphatic hydroxyl groups is 1. The molecule has 3 heteroatoms. The Morgan fingerprint density at radius 3 is 2.62 bits per heavy atom. The van der Waals surface area contributed by atoms with E-state index in [9.17, 15) is 5.11 Å². The zero-order valence-corrected chi connectivity index (χ0v) is 8.62. The first-order valence-electron chi connectivity index (χ1n) is 5.11. The molecule has 3 N–H and O–H groups in total. The first-order chi connectivity index (χ1) is 6.07. The van der Waals surface area contributed by atoms with Crippen molar-refractivity contribution in [1.29, 1.82) is 0 Å². The van der Waals surface area contributed by atoms with Crippen molar-refractivity contribution in [3.8, 4) is 0 Å². The van der Waals surface area contributed by atoms with Crippen LogP contribution < -0.4 is 5.73 Å². The summed E-state index contributed by atoms with van der Waals surface area (Å²) in [5.41, 5.74) is 4.84. The van der Waals surface area contributed by atoms with E-state index >= 15 is 0 Å². The smallest absolute Gasteiger partial charge is 0.0849 e. The molecule has 0 aromatic rings. The Morgan fingerprint density at radius 2 is 2.15 bits per heavy atom. The van der Waals surface area contributed by atoms with Gasteiger partial charge in [0.25, 0.3) is 0 Å². The van der Waals surface area contributed by atoms with E-state index in [0.29, 0.717) is 18.6 Å². The molecule has 1 rings (SSSR count). The van der Waals surface area contributed by atoms with E-state index in [1.54, 1.807) is 0 Å². The first kappa shape index (κ1) is 11.0. The highest BCUT2D eigenvalue weighted by Crippen LogP contribution is 2.29. The summed E-state index contributed by atoms with van der Waals surface area (Å²) in [6.45, 7) is 4.99. The van der Waals surface area contributed by atoms with Crippen LogP contribution in [-0.4, -0.2) is 30.0 Å². The third-order valence-electron chi connectivity index (χ3n) is 2.92. The highest BCUT2D eigenvalue weighted by molar-refractivity contribution is 4.82. The second-order valence-electron chi connectivity index (χ2n) is 4.36. The van der Waals surface area contributed by atoms with E-state index < -0.39 is 5.60 Å². The van der Waals surface area contributed by atoms with E-state index in [2.05, 4.69) is 0 Å². The van der Waals surface area contributed by atoms with Gasteiger partial charge in [0.15, 0.2) is 0 Å². The Kier molecular flexibility index (Phi) is 3.71. The number of ether oxygens (including phenoxy) is 1. The Hall–Kier alpha value is -0.120. The predicted molar refractivity (Wildman–Crippen MR) is 52.4 cm³/mol. The summed E-state index contributed by atoms with van der Waals surface area (Å²) in [5, 5.41) is 9.67. The van der Waals surface area contributed by atoms with Crippen molar-refractivity contribution in [1.82, 2.24) is 0 Å². The van der Waals surface area contributed by atoms with Crippen LogP contribution in [-0.2, 0) is 4.74 Å². The number of nitrogens with two attached hydrogens (primary N) is 1. The first-order valence-corrected chi connectivity index (χ1v) is 5.11. The average Bonchev–Trinajstić information content (AvgIpc) is 2.02. The van der Waals surface area contributed by atoms with Crippen LogP contribution in [0.2, 0.25) is 0 Å². The summed E-state index contributed by atoms with van der Waals surface area (Å²) in [7, 11) is 0. The van der Waals surface area contributed by atoms with Gasteiger partial charge in [-0.2, -0.15) is 0 Å². The van der Waals surface area contributed by atoms with Gasteiger partial charge < -0.3 is 15.6 Å². The molecule has 0 heterocycles. The lowest BCUT2D eigenvalue weighted by Gasteiger charge is -2.36. The molecule has 3 nitrogen and oxygen atoms in total. The van der Waals surface area contributed by atoms with Crippen molar-refractivity contribution in [3.05, 3.63) is 0 Å². The topological polar surface area (TPSA) is 55.5 Å². The lowest BCUT2D eigenvalue weighted by molar-refractivity contribution is -0.0985. The van der Waals surface area contributed by atoms with Gasteiger partial charge in [-0.25, -0.2) is 0 Å². The second-order valence-corrected chi connectivity index (χ2v) is 4.36. The van der Waals surface area contributed by atoms with Crippen molar-refractivity contribution < 1.29 is 9.84 Å². The van der Waals surface area contributed by atoms with Gasteiger partial charge in [-0.3, -0.25) is 0 Å². The number of hydrogen-bond donors (Lipinski definition) is 2. The molecule has 0 spiro atoms. The molecule has 0 aliphatic heterocycles. The van der Waals surface area contributed by atoms with Crippen molar-refractivity contribution in [2.24, 2.45) is 11.7 Å². The van der Waals surface area contributed by atoms with E-state index in [0.717, 1.165) is 25.8 Å². The molecular formula is C10H21NO2. The van der Waals surface area contributed by atoms with Crippen LogP contribution in [0.15, 0.2) is 0 Å². The standard InChI is InChI=1S/C10H21NO2/c1-3-10(2,12)7-13-9-4-8(5-9)6-11/h8-9,12H,3-7,11H2,1-2H3. The van der Waals surface area contributed by atoms with Gasteiger partial charge in [0.05, 0.1) is 18.3 Å². The maximum Gasteiger partial charge on any atom is 0.0849 e. The average molecular weight is 187 g/mol. The molecule has 78 valence electrons. The molecule has 1 aliphatic carbocycles. The van der Waals surface area contributed by atoms with E-state index in [4.69, 9.17) is 10.5 Å². The normalized spacial score (nSPS) is 32.3. The van der Waals surface area contributed by atoms with Crippen LogP contribution in [0, 0.1) is 5.92 Å². The molecule has 1 aliphatic rings. The van der Waals surface area contributed by atoms with Crippen molar-refractivity contribution >= 4 is 0 Å². The Labute approximate surface area is 80.3 Å². The van der Waals surface area contributed by atoms with Gasteiger partial charge >= 0.3 is 0 Å². The van der Waals surface area contributed by atoms with Gasteiger partial charge in [-0.15, -0.1) is 0 Å². The van der Waals surface area contributed by atoms with Crippen molar-refractivity contribution in [2.75, 3.05) is 13.2 Å². The summed E-state index contributed by atoms with van der Waals surface area (Å²) in [5.74, 6) is 0.650. The Bertz CT molecular complexity index is 153. The van der Waals surface area contributed by atoms with Crippen LogP contribution in [0.3, 0.4) is 0 Å². The number of hydrogen-bond acceptors (Lipinski definition) is 3. The minimum Gasteiger partial charge on any atom is -0.388 e. The van der Waals surface area contributed by atoms with Crippen LogP contribution in [0.4, 0.5) is 0 Å². The number of rotatable bonds is 5. The molecule has 0 saturated heterocycles. The van der Waals surface area contributed by atoms with Gasteiger partial charge in [0.2, 0.25) is 0 Å². The van der Waals surface area contributed by atoms with Crippen LogP contribution in [0.25, 0.3) is 0 Å². The molecule has 13 heavy (non-hydrogen) atoms. The molecule has 0 radical (unpaired) electrons. The summed E-state index contributed by atoms with van der Waals surface area (Å²) in [4.78, 5) is 0. The minimum absolute atomic E-state index is 0.339. The summed E-state index contributed by atoms with van der Waals surface area (Å²) < 4.78 is 5.56. The molecule has 1 unspecified atom stereocenters. The lowest BCUT2D eigenvalue weighted by atomic mass is 9.82. The molecule has 1 saturated carbocycles. The van der Waals surface area contributed by atoms with Gasteiger partial charge in [-0.1, -0.05) is 6.92 Å². The van der Waals surface area contributed by atoms with Gasteiger partial charge in [0, 0.05) is 0 Å². The second kappa shape index (κ2) is 4.40. The fraction of sp³-hybridized carbons (Fsp3) is 1.00. The third-order valence-corrected chi connectivity index (χ3v) is 2.92. The lowest BCUT2D eigenvalue weighted by Crippen LogP contribution is -2.40. The Balaban J connectivity index is 2.08. The molecular weight excluding hydrogens is 166 g/mol. The molecule has 0 amide bonds. The quantitative estimate of drug-likeness (QED) is 0.672. The van der Waals surface area contributed by atoms with Crippen LogP contribution in [0.5, 0.6) is 0 Å². The summed E-state index contributed by atoms with van der Waals surface area (Å²) >= 11 is 0. The highest BCUT2D eigenvalue weighted by atomic mass is 16.5. The molecule has 0 bridgehead atoms. The molecule has 1 atom stereocenters. The SMILES string of the molecule is CCC(C)(O)COC1CC(CN)C1. The largest absolute Gasteiger partial charge is 0.388 e. The molecule has 0 aromatic carbocycles. The van der Waals surface area contributed by atoms with Gasteiger partial charge in [0.1, 0.15) is 0 Å². The summed E-state index contributed by atoms with van der Waals surface area (Å²) in [6.07, 6.45) is 3.21. The van der Waals surface area contributed by atoms with Crippen molar-refractivity contribution in [3.63, 3.8) is 0 Å². The zero-order valence-electron chi connectivity index (χ0n) is 8.62. The minimum atomic E-state index is -0.659. The molecule has 0 aromatic heterocycles. The fourth-order valence-electron chi connectivity index (χ4n) is 1.40. The zero-order chi connectivity index (χ0) is 9.90. The van der Waals surface area contributed by atoms with Gasteiger partial charge in [-0.05, 0) is 38.6 Å². The van der Waals surface area contributed by atoms with E-state index in [-0.39, 0.29) is 0 Å². The fourth-order valence-corrected chi connectivity index (χ4v) is 1.40. The maximum absolute atomic E-state index is 9.67. The molecule has 1 fully saturated rings. The van der Waals surface area contributed by atoms with Crippen LogP contribution in [0.1, 0.15) is 33.1 Å². The maximum atomic E-state index is 9.67.